The lowest BCUT2D eigenvalue weighted by atomic mass is 9.85. The van der Waals surface area contributed by atoms with E-state index in [-0.39, 0.29) is 5.60 Å². The largest absolute Gasteiger partial charge is 0.487 e. The van der Waals surface area contributed by atoms with E-state index in [1.807, 2.05) is 20.8 Å². The highest BCUT2D eigenvalue weighted by atomic mass is 16.5. The molecule has 0 fully saturated rings. The van der Waals surface area contributed by atoms with Crippen LogP contribution in [0.3, 0.4) is 0 Å². The molecule has 0 spiro atoms. The number of hydrogen-bond acceptors (Lipinski definition) is 4. The van der Waals surface area contributed by atoms with Crippen LogP contribution in [0.5, 0.6) is 11.5 Å². The molecular formula is C33H46O5. The van der Waals surface area contributed by atoms with Crippen molar-refractivity contribution in [3.63, 3.8) is 0 Å². The monoisotopic (exact) mass is 522 g/mol. The molecule has 0 aromatic heterocycles. The van der Waals surface area contributed by atoms with E-state index in [4.69, 9.17) is 14.6 Å². The molecule has 0 saturated heterocycles. The third-order valence-corrected chi connectivity index (χ3v) is 7.42. The molecular weight excluding hydrogens is 476 g/mol. The van der Waals surface area contributed by atoms with E-state index in [1.165, 1.54) is 16.7 Å². The average molecular weight is 523 g/mol. The number of carboxylic acid groups (broad SMARTS) is 1. The summed E-state index contributed by atoms with van der Waals surface area (Å²) in [6.07, 6.45) is 16.8. The summed E-state index contributed by atoms with van der Waals surface area (Å²) < 4.78 is 12.2. The van der Waals surface area contributed by atoms with Crippen LogP contribution in [0.25, 0.3) is 0 Å². The van der Waals surface area contributed by atoms with Gasteiger partial charge < -0.3 is 14.6 Å². The summed E-state index contributed by atoms with van der Waals surface area (Å²) in [5.41, 5.74) is 7.75. The average Bonchev–Trinajstić information content (AvgIpc) is 2.83. The minimum atomic E-state index is -1.19. The lowest BCUT2D eigenvalue weighted by Crippen LogP contribution is -2.37. The Morgan fingerprint density at radius 1 is 0.895 bits per heavy atom. The Kier molecular flexibility index (Phi) is 11.6. The van der Waals surface area contributed by atoms with Gasteiger partial charge in [-0.15, -0.1) is 0 Å². The van der Waals surface area contributed by atoms with Crippen LogP contribution in [0.15, 0.2) is 47.1 Å². The van der Waals surface area contributed by atoms with E-state index in [2.05, 4.69) is 52.8 Å². The highest BCUT2D eigenvalue weighted by Gasteiger charge is 2.34. The smallest absolute Gasteiger partial charge is 0.336 e. The van der Waals surface area contributed by atoms with Gasteiger partial charge in [0, 0.05) is 17.7 Å². The number of carbonyl (C=O) groups is 2. The van der Waals surface area contributed by atoms with E-state index >= 15 is 0 Å². The predicted molar refractivity (Wildman–Crippen MR) is 155 cm³/mol. The summed E-state index contributed by atoms with van der Waals surface area (Å²) in [6, 6.07) is 0. The van der Waals surface area contributed by atoms with Gasteiger partial charge in [0.15, 0.2) is 0 Å². The van der Waals surface area contributed by atoms with E-state index in [0.29, 0.717) is 5.75 Å². The molecule has 1 aromatic rings. The molecule has 5 nitrogen and oxygen atoms in total. The topological polar surface area (TPSA) is 72.8 Å². The zero-order chi connectivity index (χ0) is 28.5. The second-order valence-electron chi connectivity index (χ2n) is 11.2. The number of carbonyl (C=O) groups excluding carboxylic acids is 1. The normalized spacial score (nSPS) is 17.7. The maximum atomic E-state index is 12.1. The van der Waals surface area contributed by atoms with Gasteiger partial charge in [0.1, 0.15) is 17.1 Å². The van der Waals surface area contributed by atoms with Crippen molar-refractivity contribution >= 4 is 11.9 Å². The number of aliphatic carboxylic acids is 1. The van der Waals surface area contributed by atoms with Crippen LogP contribution in [0.2, 0.25) is 0 Å². The van der Waals surface area contributed by atoms with Crippen molar-refractivity contribution in [2.45, 2.75) is 112 Å². The third-order valence-electron chi connectivity index (χ3n) is 7.42. The first-order valence-electron chi connectivity index (χ1n) is 13.7. The summed E-state index contributed by atoms with van der Waals surface area (Å²) in [5.74, 6) is -0.499. The number of rotatable bonds is 12. The maximum absolute atomic E-state index is 12.1. The lowest BCUT2D eigenvalue weighted by molar-refractivity contribution is -0.133. The first kappa shape index (κ1) is 31.1. The minimum absolute atomic E-state index is 0.253. The first-order valence-corrected chi connectivity index (χ1v) is 13.7. The van der Waals surface area contributed by atoms with Crippen LogP contribution >= 0.6 is 0 Å². The standard InChI is InChI=1S/C33H46O5/c1-22(2)12-9-13-23(3)14-10-15-24(4)16-11-20-33(8)21-19-28-27(7)31(25(5)26(6)32(28)38-33)37-30(36)18-17-29(34)35/h12,14,16-18H,9-11,13,15,19-21H2,1-8H3,(H,34,35). The molecule has 1 aromatic carbocycles. The van der Waals surface area contributed by atoms with Gasteiger partial charge in [0.2, 0.25) is 0 Å². The summed E-state index contributed by atoms with van der Waals surface area (Å²) >= 11 is 0. The highest BCUT2D eigenvalue weighted by Crippen LogP contribution is 2.44. The zero-order valence-electron chi connectivity index (χ0n) is 24.6. The number of fused-ring (bicyclic) bond motifs is 1. The van der Waals surface area contributed by atoms with Crippen molar-refractivity contribution in [1.29, 1.82) is 0 Å². The van der Waals surface area contributed by atoms with E-state index in [9.17, 15) is 9.59 Å². The fourth-order valence-corrected chi connectivity index (χ4v) is 4.85. The first-order chi connectivity index (χ1) is 17.8. The van der Waals surface area contributed by atoms with Gasteiger partial charge in [-0.3, -0.25) is 0 Å². The van der Waals surface area contributed by atoms with E-state index in [1.54, 1.807) is 0 Å². The molecule has 1 atom stereocenters. The van der Waals surface area contributed by atoms with Crippen LogP contribution in [0.4, 0.5) is 0 Å². The summed E-state index contributed by atoms with van der Waals surface area (Å²) in [5, 5.41) is 8.76. The molecule has 1 N–H and O–H groups in total. The van der Waals surface area contributed by atoms with Gasteiger partial charge in [-0.1, -0.05) is 34.9 Å². The second kappa shape index (κ2) is 14.2. The lowest BCUT2D eigenvalue weighted by Gasteiger charge is -2.38. The van der Waals surface area contributed by atoms with Crippen molar-refractivity contribution in [2.75, 3.05) is 0 Å². The number of esters is 1. The van der Waals surface area contributed by atoms with Crippen LogP contribution in [0.1, 0.15) is 102 Å². The van der Waals surface area contributed by atoms with Crippen molar-refractivity contribution in [3.8, 4) is 11.5 Å². The van der Waals surface area contributed by atoms with Crippen molar-refractivity contribution < 1.29 is 24.2 Å². The van der Waals surface area contributed by atoms with Gasteiger partial charge >= 0.3 is 11.9 Å². The van der Waals surface area contributed by atoms with E-state index < -0.39 is 11.9 Å². The van der Waals surface area contributed by atoms with Crippen LogP contribution in [-0.4, -0.2) is 22.6 Å². The Morgan fingerprint density at radius 2 is 1.50 bits per heavy atom. The number of allylic oxidation sites excluding steroid dienone is 6. The fourth-order valence-electron chi connectivity index (χ4n) is 4.85. The van der Waals surface area contributed by atoms with Crippen LogP contribution in [0, 0.1) is 20.8 Å². The fraction of sp³-hybridized carbons (Fsp3) is 0.515. The molecule has 0 radical (unpaired) electrons. The molecule has 0 bridgehead atoms. The Hall–Kier alpha value is -3.08. The number of benzene rings is 1. The zero-order valence-corrected chi connectivity index (χ0v) is 24.6. The van der Waals surface area contributed by atoms with E-state index in [0.717, 1.165) is 91.5 Å². The van der Waals surface area contributed by atoms with Crippen LogP contribution in [-0.2, 0) is 16.0 Å². The van der Waals surface area contributed by atoms with Gasteiger partial charge in [0.25, 0.3) is 0 Å². The molecule has 1 aliphatic heterocycles. The van der Waals surface area contributed by atoms with Gasteiger partial charge in [-0.05, 0) is 123 Å². The SMILES string of the molecule is CC(C)=CCCC(C)=CCCC(C)=CCCC1(C)CCc2c(C)c(OC(=O)C=CC(=O)O)c(C)c(C)c2O1. The molecule has 1 aliphatic rings. The van der Waals surface area contributed by atoms with Crippen molar-refractivity contribution in [3.05, 3.63) is 69.4 Å². The Labute approximate surface area is 229 Å². The van der Waals surface area contributed by atoms with Crippen molar-refractivity contribution in [2.24, 2.45) is 0 Å². The van der Waals surface area contributed by atoms with Gasteiger partial charge in [-0.2, -0.15) is 0 Å². The van der Waals surface area contributed by atoms with Gasteiger partial charge in [0.05, 0.1) is 0 Å². The summed E-state index contributed by atoms with van der Waals surface area (Å²) in [6.45, 7) is 16.8. The quantitative estimate of drug-likeness (QED) is 0.129. The maximum Gasteiger partial charge on any atom is 0.336 e. The molecule has 1 heterocycles. The molecule has 0 aliphatic carbocycles. The second-order valence-corrected chi connectivity index (χ2v) is 11.2. The molecule has 38 heavy (non-hydrogen) atoms. The molecule has 208 valence electrons. The molecule has 0 amide bonds. The van der Waals surface area contributed by atoms with Gasteiger partial charge in [-0.25, -0.2) is 9.59 Å². The summed E-state index contributed by atoms with van der Waals surface area (Å²) in [4.78, 5) is 22.8. The Bertz CT molecular complexity index is 1140. The third kappa shape index (κ3) is 9.34. The molecule has 1 unspecified atom stereocenters. The Morgan fingerprint density at radius 3 is 2.11 bits per heavy atom. The predicted octanol–water partition coefficient (Wildman–Crippen LogP) is 8.44. The molecule has 2 rings (SSSR count). The minimum Gasteiger partial charge on any atom is -0.487 e. The van der Waals surface area contributed by atoms with Crippen molar-refractivity contribution in [1.82, 2.24) is 0 Å². The molecule has 5 heteroatoms. The number of carboxylic acids is 1. The number of hydrogen-bond donors (Lipinski definition) is 1. The molecule has 0 saturated carbocycles. The highest BCUT2D eigenvalue weighted by molar-refractivity contribution is 5.92. The van der Waals surface area contributed by atoms with Crippen LogP contribution < -0.4 is 9.47 Å². The Balaban J connectivity index is 2.00. The summed E-state index contributed by atoms with van der Waals surface area (Å²) in [7, 11) is 0. The number of ether oxygens (including phenoxy) is 2.